The third-order valence-corrected chi connectivity index (χ3v) is 4.78. The van der Waals surface area contributed by atoms with Crippen LogP contribution < -0.4 is 4.72 Å². The predicted octanol–water partition coefficient (Wildman–Crippen LogP) is 1.01. The molecule has 0 radical (unpaired) electrons. The molecular formula is C12H16N2O6S. The van der Waals surface area contributed by atoms with Crippen LogP contribution >= 0.6 is 0 Å². The van der Waals surface area contributed by atoms with E-state index in [1.54, 1.807) is 0 Å². The van der Waals surface area contributed by atoms with Gasteiger partial charge in [0.05, 0.1) is 9.82 Å². The fourth-order valence-electron chi connectivity index (χ4n) is 2.11. The number of nitro benzene ring substituents is 1. The van der Waals surface area contributed by atoms with Crippen LogP contribution in [-0.4, -0.2) is 38.2 Å². The Morgan fingerprint density at radius 2 is 2.24 bits per heavy atom. The van der Waals surface area contributed by atoms with Gasteiger partial charge in [0.2, 0.25) is 10.0 Å². The number of nitrogens with one attached hydrogen (secondary N) is 1. The first-order valence-electron chi connectivity index (χ1n) is 6.45. The summed E-state index contributed by atoms with van der Waals surface area (Å²) in [6, 6.07) is 2.97. The van der Waals surface area contributed by atoms with Crippen LogP contribution in [0.15, 0.2) is 23.1 Å². The molecule has 1 unspecified atom stereocenters. The van der Waals surface area contributed by atoms with E-state index < -0.39 is 26.4 Å². The maximum atomic E-state index is 12.0. The summed E-state index contributed by atoms with van der Waals surface area (Å²) in [5, 5.41) is 20.0. The molecule has 1 aliphatic heterocycles. The number of benzene rings is 1. The number of rotatable bonds is 6. The average molecular weight is 316 g/mol. The number of aromatic hydroxyl groups is 1. The van der Waals surface area contributed by atoms with Crippen LogP contribution in [-0.2, 0) is 14.8 Å². The Balaban J connectivity index is 2.04. The molecule has 2 N–H and O–H groups in total. The molecule has 116 valence electrons. The Kier molecular flexibility index (Phi) is 4.76. The van der Waals surface area contributed by atoms with Crippen molar-refractivity contribution in [3.8, 4) is 5.75 Å². The van der Waals surface area contributed by atoms with Gasteiger partial charge in [0.25, 0.3) is 0 Å². The van der Waals surface area contributed by atoms with E-state index in [1.807, 2.05) is 0 Å². The van der Waals surface area contributed by atoms with Gasteiger partial charge in [-0.15, -0.1) is 0 Å². The number of phenolic OH excluding ortho intramolecular Hbond substituents is 1. The third kappa shape index (κ3) is 3.90. The monoisotopic (exact) mass is 316 g/mol. The average Bonchev–Trinajstić information content (AvgIpc) is 2.91. The molecule has 9 heteroatoms. The van der Waals surface area contributed by atoms with E-state index in [-0.39, 0.29) is 11.4 Å². The van der Waals surface area contributed by atoms with Crippen molar-refractivity contribution >= 4 is 15.7 Å². The van der Waals surface area contributed by atoms with Gasteiger partial charge in [-0.05, 0) is 30.9 Å². The van der Waals surface area contributed by atoms with Crippen LogP contribution in [0.25, 0.3) is 0 Å². The van der Waals surface area contributed by atoms with Crippen LogP contribution in [0.3, 0.4) is 0 Å². The van der Waals surface area contributed by atoms with E-state index in [1.165, 1.54) is 0 Å². The van der Waals surface area contributed by atoms with Gasteiger partial charge in [-0.2, -0.15) is 0 Å². The van der Waals surface area contributed by atoms with Crippen LogP contribution in [0.1, 0.15) is 12.8 Å². The molecule has 0 spiro atoms. The van der Waals surface area contributed by atoms with Crippen molar-refractivity contribution in [3.63, 3.8) is 0 Å². The van der Waals surface area contributed by atoms with Crippen molar-refractivity contribution in [2.45, 2.75) is 17.7 Å². The minimum atomic E-state index is -3.83. The summed E-state index contributed by atoms with van der Waals surface area (Å²) in [4.78, 5) is 9.64. The SMILES string of the molecule is O=[N+]([O-])c1cc(S(=O)(=O)NCCC2CCOC2)ccc1O. The highest BCUT2D eigenvalue weighted by Gasteiger charge is 2.22. The Morgan fingerprint density at radius 1 is 1.48 bits per heavy atom. The van der Waals surface area contributed by atoms with E-state index in [4.69, 9.17) is 4.74 Å². The van der Waals surface area contributed by atoms with Crippen molar-refractivity contribution in [2.24, 2.45) is 5.92 Å². The number of ether oxygens (including phenoxy) is 1. The van der Waals surface area contributed by atoms with Gasteiger partial charge in [0.15, 0.2) is 5.75 Å². The molecule has 0 saturated carbocycles. The summed E-state index contributed by atoms with van der Waals surface area (Å²) in [6.45, 7) is 1.57. The molecule has 1 aliphatic rings. The highest BCUT2D eigenvalue weighted by atomic mass is 32.2. The molecule has 1 aromatic rings. The highest BCUT2D eigenvalue weighted by molar-refractivity contribution is 7.89. The zero-order chi connectivity index (χ0) is 15.5. The number of phenols is 1. The number of sulfonamides is 1. The predicted molar refractivity (Wildman–Crippen MR) is 73.5 cm³/mol. The maximum Gasteiger partial charge on any atom is 0.312 e. The third-order valence-electron chi connectivity index (χ3n) is 3.32. The topological polar surface area (TPSA) is 119 Å². The summed E-state index contributed by atoms with van der Waals surface area (Å²) in [5.41, 5.74) is -0.637. The van der Waals surface area contributed by atoms with Crippen molar-refractivity contribution in [2.75, 3.05) is 19.8 Å². The summed E-state index contributed by atoms with van der Waals surface area (Å²) >= 11 is 0. The molecule has 0 bridgehead atoms. The number of nitro groups is 1. The lowest BCUT2D eigenvalue weighted by Gasteiger charge is -2.09. The largest absolute Gasteiger partial charge is 0.502 e. The van der Waals surface area contributed by atoms with Crippen LogP contribution in [0, 0.1) is 16.0 Å². The van der Waals surface area contributed by atoms with Crippen molar-refractivity contribution in [3.05, 3.63) is 28.3 Å². The molecule has 0 aromatic heterocycles. The van der Waals surface area contributed by atoms with Gasteiger partial charge in [-0.3, -0.25) is 10.1 Å². The second kappa shape index (κ2) is 6.37. The number of nitrogens with zero attached hydrogens (tertiary/aromatic N) is 1. The Labute approximate surface area is 121 Å². The Morgan fingerprint density at radius 3 is 2.86 bits per heavy atom. The molecule has 2 rings (SSSR count). The van der Waals surface area contributed by atoms with E-state index >= 15 is 0 Å². The molecule has 1 saturated heterocycles. The lowest BCUT2D eigenvalue weighted by Crippen LogP contribution is -2.26. The molecule has 1 atom stereocenters. The number of hydrogen-bond donors (Lipinski definition) is 2. The maximum absolute atomic E-state index is 12.0. The van der Waals surface area contributed by atoms with E-state index in [9.17, 15) is 23.6 Å². The first-order valence-corrected chi connectivity index (χ1v) is 7.93. The van der Waals surface area contributed by atoms with E-state index in [2.05, 4.69) is 4.72 Å². The van der Waals surface area contributed by atoms with Crippen molar-refractivity contribution in [1.82, 2.24) is 4.72 Å². The van der Waals surface area contributed by atoms with Crippen LogP contribution in [0.4, 0.5) is 5.69 Å². The van der Waals surface area contributed by atoms with Crippen molar-refractivity contribution in [1.29, 1.82) is 0 Å². The zero-order valence-electron chi connectivity index (χ0n) is 11.2. The molecular weight excluding hydrogens is 300 g/mol. The summed E-state index contributed by atoms with van der Waals surface area (Å²) in [7, 11) is -3.83. The smallest absolute Gasteiger partial charge is 0.312 e. The Hall–Kier alpha value is -1.71. The minimum absolute atomic E-state index is 0.241. The van der Waals surface area contributed by atoms with Gasteiger partial charge in [-0.25, -0.2) is 13.1 Å². The van der Waals surface area contributed by atoms with E-state index in [0.717, 1.165) is 24.6 Å². The van der Waals surface area contributed by atoms with Gasteiger partial charge in [0.1, 0.15) is 0 Å². The van der Waals surface area contributed by atoms with E-state index in [0.29, 0.717) is 25.6 Å². The molecule has 0 amide bonds. The molecule has 0 aliphatic carbocycles. The second-order valence-electron chi connectivity index (χ2n) is 4.82. The summed E-state index contributed by atoms with van der Waals surface area (Å²) < 4.78 is 31.7. The molecule has 1 aromatic carbocycles. The fraction of sp³-hybridized carbons (Fsp3) is 0.500. The molecule has 21 heavy (non-hydrogen) atoms. The molecule has 1 fully saturated rings. The van der Waals surface area contributed by atoms with Gasteiger partial charge in [-0.1, -0.05) is 0 Å². The summed E-state index contributed by atoms with van der Waals surface area (Å²) in [5.74, 6) is -0.232. The Bertz CT molecular complexity index is 625. The van der Waals surface area contributed by atoms with Gasteiger partial charge >= 0.3 is 5.69 Å². The van der Waals surface area contributed by atoms with Gasteiger partial charge < -0.3 is 9.84 Å². The van der Waals surface area contributed by atoms with Gasteiger partial charge in [0, 0.05) is 25.8 Å². The lowest BCUT2D eigenvalue weighted by molar-refractivity contribution is -0.386. The standard InChI is InChI=1S/C12H16N2O6S/c15-12-2-1-10(7-11(12)14(16)17)21(18,19)13-5-3-9-4-6-20-8-9/h1-2,7,9,13,15H,3-6,8H2. The fourth-order valence-corrected chi connectivity index (χ4v) is 3.18. The quantitative estimate of drug-likeness (QED) is 0.597. The number of hydrogen-bond acceptors (Lipinski definition) is 6. The minimum Gasteiger partial charge on any atom is -0.502 e. The second-order valence-corrected chi connectivity index (χ2v) is 6.59. The summed E-state index contributed by atoms with van der Waals surface area (Å²) in [6.07, 6.45) is 1.56. The normalized spacial score (nSPS) is 18.8. The first kappa shape index (κ1) is 15.7. The molecule has 1 heterocycles. The van der Waals surface area contributed by atoms with Crippen LogP contribution in [0.5, 0.6) is 5.75 Å². The highest BCUT2D eigenvalue weighted by Crippen LogP contribution is 2.28. The van der Waals surface area contributed by atoms with Crippen LogP contribution in [0.2, 0.25) is 0 Å². The zero-order valence-corrected chi connectivity index (χ0v) is 12.0. The molecule has 8 nitrogen and oxygen atoms in total. The van der Waals surface area contributed by atoms with Crippen molar-refractivity contribution < 1.29 is 23.2 Å². The first-order chi connectivity index (χ1) is 9.90. The lowest BCUT2D eigenvalue weighted by atomic mass is 10.1.